The van der Waals surface area contributed by atoms with Crippen molar-refractivity contribution in [1.82, 2.24) is 5.43 Å². The predicted molar refractivity (Wildman–Crippen MR) is 48.1 cm³/mol. The third kappa shape index (κ3) is 1.05. The van der Waals surface area contributed by atoms with Crippen molar-refractivity contribution in [3.63, 3.8) is 0 Å². The lowest BCUT2D eigenvalue weighted by Crippen LogP contribution is -1.87. The molecule has 0 fully saturated rings. The van der Waals surface area contributed by atoms with Gasteiger partial charge in [-0.1, -0.05) is 15.9 Å². The summed E-state index contributed by atoms with van der Waals surface area (Å²) in [7, 11) is 0. The van der Waals surface area contributed by atoms with Gasteiger partial charge in [-0.2, -0.15) is 10.5 Å². The molecule has 2 rings (SSSR count). The van der Waals surface area contributed by atoms with Gasteiger partial charge >= 0.3 is 0 Å². The molecule has 11 heavy (non-hydrogen) atoms. The van der Waals surface area contributed by atoms with Crippen LogP contribution in [0.3, 0.4) is 0 Å². The van der Waals surface area contributed by atoms with Gasteiger partial charge in [0, 0.05) is 10.0 Å². The predicted octanol–water partition coefficient (Wildman–Crippen LogP) is 2.42. The first-order chi connectivity index (χ1) is 5.27. The summed E-state index contributed by atoms with van der Waals surface area (Å²) in [6, 6.07) is 5.96. The molecule has 0 spiro atoms. The molecule has 1 radical (unpaired) electrons. The highest BCUT2D eigenvalue weighted by molar-refractivity contribution is 9.10. The van der Waals surface area contributed by atoms with Gasteiger partial charge in [-0.15, -0.1) is 0 Å². The van der Waals surface area contributed by atoms with Gasteiger partial charge in [-0.25, -0.2) is 0 Å². The third-order valence-corrected chi connectivity index (χ3v) is 2.15. The molecule has 1 aromatic rings. The second-order valence-electron chi connectivity index (χ2n) is 2.45. The number of nitrogens with zero attached hydrogens (tertiary/aromatic N) is 2. The molecule has 0 saturated carbocycles. The number of benzene rings is 1. The molecular weight excluding hydrogens is 204 g/mol. The summed E-state index contributed by atoms with van der Waals surface area (Å²) in [6.07, 6.45) is 0. The molecule has 0 aromatic heterocycles. The van der Waals surface area contributed by atoms with Crippen molar-refractivity contribution in [1.29, 1.82) is 0 Å². The van der Waals surface area contributed by atoms with Crippen molar-refractivity contribution in [2.75, 3.05) is 0 Å². The lowest BCUT2D eigenvalue weighted by molar-refractivity contribution is 0.986. The van der Waals surface area contributed by atoms with Gasteiger partial charge < -0.3 is 0 Å². The zero-order valence-corrected chi connectivity index (χ0v) is 7.59. The molecule has 0 aliphatic carbocycles. The smallest absolute Gasteiger partial charge is 0.0948 e. The van der Waals surface area contributed by atoms with Crippen LogP contribution in [0.15, 0.2) is 27.8 Å². The van der Waals surface area contributed by atoms with E-state index in [1.807, 2.05) is 25.1 Å². The fourth-order valence-electron chi connectivity index (χ4n) is 1.07. The highest BCUT2D eigenvalue weighted by atomic mass is 79.9. The van der Waals surface area contributed by atoms with Gasteiger partial charge in [0.1, 0.15) is 0 Å². The maximum Gasteiger partial charge on any atom is 0.0948 e. The van der Waals surface area contributed by atoms with Crippen LogP contribution in [0.25, 0.3) is 0 Å². The summed E-state index contributed by atoms with van der Waals surface area (Å²) in [5.41, 5.74) is 7.06. The molecule has 0 N–H and O–H groups in total. The van der Waals surface area contributed by atoms with Crippen LogP contribution in [0.1, 0.15) is 12.5 Å². The lowest BCUT2D eigenvalue weighted by Gasteiger charge is -1.96. The fourth-order valence-corrected chi connectivity index (χ4v) is 1.43. The molecule has 0 saturated heterocycles. The summed E-state index contributed by atoms with van der Waals surface area (Å²) in [6.45, 7) is 1.96. The Bertz CT molecular complexity index is 331. The van der Waals surface area contributed by atoms with Crippen LogP contribution in [0.4, 0.5) is 5.69 Å². The molecular formula is C8H6BrN2. The van der Waals surface area contributed by atoms with Gasteiger partial charge in [0.2, 0.25) is 0 Å². The maximum absolute atomic E-state index is 3.99. The molecule has 0 amide bonds. The standard InChI is InChI=1S/C8H6BrN2/c1-5-7-4-6(9)2-3-8(7)11-10-5/h2-4H,1H3. The van der Waals surface area contributed by atoms with Crippen LogP contribution in [0.5, 0.6) is 0 Å². The van der Waals surface area contributed by atoms with Crippen molar-refractivity contribution in [2.24, 2.45) is 5.10 Å². The molecule has 1 aliphatic heterocycles. The largest absolute Gasteiger partial charge is 0.155 e. The van der Waals surface area contributed by atoms with E-state index in [2.05, 4.69) is 26.5 Å². The second kappa shape index (κ2) is 2.34. The number of hydrogen-bond donors (Lipinski definition) is 0. The Kier molecular flexibility index (Phi) is 1.46. The summed E-state index contributed by atoms with van der Waals surface area (Å²) < 4.78 is 1.07. The summed E-state index contributed by atoms with van der Waals surface area (Å²) in [5.74, 6) is 0. The van der Waals surface area contributed by atoms with Crippen molar-refractivity contribution < 1.29 is 0 Å². The van der Waals surface area contributed by atoms with E-state index in [1.54, 1.807) is 0 Å². The summed E-state index contributed by atoms with van der Waals surface area (Å²) in [5, 5.41) is 3.97. The van der Waals surface area contributed by atoms with Crippen LogP contribution < -0.4 is 5.43 Å². The van der Waals surface area contributed by atoms with Gasteiger partial charge in [0.25, 0.3) is 0 Å². The van der Waals surface area contributed by atoms with E-state index >= 15 is 0 Å². The third-order valence-electron chi connectivity index (χ3n) is 1.66. The minimum Gasteiger partial charge on any atom is -0.155 e. The molecule has 2 nitrogen and oxygen atoms in total. The minimum absolute atomic E-state index is 0.964. The molecule has 1 aliphatic rings. The Morgan fingerprint density at radius 2 is 2.18 bits per heavy atom. The normalized spacial score (nSPS) is 13.8. The Balaban J connectivity index is 2.60. The first-order valence-corrected chi connectivity index (χ1v) is 4.12. The Morgan fingerprint density at radius 3 is 3.00 bits per heavy atom. The summed E-state index contributed by atoms with van der Waals surface area (Å²) >= 11 is 3.40. The fraction of sp³-hybridized carbons (Fsp3) is 0.125. The quantitative estimate of drug-likeness (QED) is 0.628. The number of fused-ring (bicyclic) bond motifs is 1. The summed E-state index contributed by atoms with van der Waals surface area (Å²) in [4.78, 5) is 0. The van der Waals surface area contributed by atoms with Crippen molar-refractivity contribution >= 4 is 27.3 Å². The van der Waals surface area contributed by atoms with Gasteiger partial charge in [0.15, 0.2) is 0 Å². The minimum atomic E-state index is 0.964. The molecule has 3 heteroatoms. The number of hydrogen-bond acceptors (Lipinski definition) is 1. The topological polar surface area (TPSA) is 26.5 Å². The lowest BCUT2D eigenvalue weighted by atomic mass is 10.1. The van der Waals surface area contributed by atoms with Gasteiger partial charge in [0.05, 0.1) is 11.4 Å². The van der Waals surface area contributed by atoms with Crippen molar-refractivity contribution in [3.05, 3.63) is 28.2 Å². The Labute approximate surface area is 73.4 Å². The molecule has 0 unspecified atom stereocenters. The highest BCUT2D eigenvalue weighted by Gasteiger charge is 2.12. The van der Waals surface area contributed by atoms with Crippen LogP contribution in [0.2, 0.25) is 0 Å². The second-order valence-corrected chi connectivity index (χ2v) is 3.36. The zero-order chi connectivity index (χ0) is 7.84. The van der Waals surface area contributed by atoms with E-state index in [0.29, 0.717) is 0 Å². The number of rotatable bonds is 0. The average molecular weight is 210 g/mol. The van der Waals surface area contributed by atoms with Gasteiger partial charge in [-0.05, 0) is 25.1 Å². The highest BCUT2D eigenvalue weighted by Crippen LogP contribution is 2.25. The monoisotopic (exact) mass is 209 g/mol. The van der Waals surface area contributed by atoms with E-state index in [0.717, 1.165) is 21.4 Å². The molecule has 0 atom stereocenters. The van der Waals surface area contributed by atoms with E-state index in [-0.39, 0.29) is 0 Å². The molecule has 1 aromatic carbocycles. The molecule has 0 bridgehead atoms. The Hall–Kier alpha value is -0.830. The van der Waals surface area contributed by atoms with Crippen LogP contribution >= 0.6 is 15.9 Å². The van der Waals surface area contributed by atoms with E-state index in [1.165, 1.54) is 0 Å². The van der Waals surface area contributed by atoms with E-state index < -0.39 is 0 Å². The number of halogens is 1. The van der Waals surface area contributed by atoms with Crippen LogP contribution in [-0.4, -0.2) is 5.71 Å². The van der Waals surface area contributed by atoms with Crippen molar-refractivity contribution in [2.45, 2.75) is 6.92 Å². The maximum atomic E-state index is 3.99. The zero-order valence-electron chi connectivity index (χ0n) is 6.00. The van der Waals surface area contributed by atoms with Crippen LogP contribution in [0, 0.1) is 0 Å². The van der Waals surface area contributed by atoms with Crippen LogP contribution in [-0.2, 0) is 0 Å². The molecule has 1 heterocycles. The van der Waals surface area contributed by atoms with E-state index in [4.69, 9.17) is 0 Å². The first kappa shape index (κ1) is 6.85. The van der Waals surface area contributed by atoms with Crippen molar-refractivity contribution in [3.8, 4) is 0 Å². The SMILES string of the molecule is CC1=N[N]c2ccc(Br)cc21. The molecule has 55 valence electrons. The first-order valence-electron chi connectivity index (χ1n) is 3.32. The van der Waals surface area contributed by atoms with E-state index in [9.17, 15) is 0 Å². The average Bonchev–Trinajstić information content (AvgIpc) is 2.33. The van der Waals surface area contributed by atoms with Gasteiger partial charge in [-0.3, -0.25) is 0 Å². The Morgan fingerprint density at radius 1 is 1.36 bits per heavy atom.